The molecule has 0 bridgehead atoms. The summed E-state index contributed by atoms with van der Waals surface area (Å²) >= 11 is 6.07. The van der Waals surface area contributed by atoms with E-state index in [1.807, 2.05) is 30.3 Å². The van der Waals surface area contributed by atoms with Gasteiger partial charge in [0.05, 0.1) is 16.8 Å². The predicted octanol–water partition coefficient (Wildman–Crippen LogP) is 4.24. The zero-order valence-electron chi connectivity index (χ0n) is 16.4. The number of halogens is 1. The zero-order chi connectivity index (χ0) is 22.0. The Balaban J connectivity index is 1.73. The molecule has 1 aliphatic rings. The number of carboxylic acid groups (broad SMARTS) is 1. The number of nitrogens with zero attached hydrogens (tertiary/aromatic N) is 1. The van der Waals surface area contributed by atoms with Crippen molar-refractivity contribution < 1.29 is 19.5 Å². The average molecular weight is 435 g/mol. The molecule has 0 fully saturated rings. The van der Waals surface area contributed by atoms with Crippen LogP contribution in [0.2, 0.25) is 5.02 Å². The fourth-order valence-electron chi connectivity index (χ4n) is 3.63. The number of amides is 2. The third kappa shape index (κ3) is 4.44. The quantitative estimate of drug-likeness (QED) is 0.628. The van der Waals surface area contributed by atoms with Crippen LogP contribution in [-0.2, 0) is 17.8 Å². The van der Waals surface area contributed by atoms with E-state index >= 15 is 0 Å². The summed E-state index contributed by atoms with van der Waals surface area (Å²) in [7, 11) is 0. The Kier molecular flexibility index (Phi) is 5.73. The summed E-state index contributed by atoms with van der Waals surface area (Å²) in [6.45, 7) is 0.158. The van der Waals surface area contributed by atoms with Gasteiger partial charge in [0.25, 0.3) is 5.91 Å². The first-order chi connectivity index (χ1) is 14.9. The van der Waals surface area contributed by atoms with E-state index in [0.29, 0.717) is 22.7 Å². The minimum atomic E-state index is -1.02. The molecule has 4 rings (SSSR count). The SMILES string of the molecule is O=C(O)c1ccc(CN2C(=O)c3ccc(Cl)cc3NC(=O)[C@H]2Cc2ccccc2)cc1. The molecule has 156 valence electrons. The number of benzene rings is 3. The molecule has 0 spiro atoms. The second-order valence-electron chi connectivity index (χ2n) is 7.32. The van der Waals surface area contributed by atoms with Gasteiger partial charge in [0, 0.05) is 18.0 Å². The molecular formula is C24H19ClN2O4. The summed E-state index contributed by atoms with van der Waals surface area (Å²) in [6, 6.07) is 19.8. The van der Waals surface area contributed by atoms with Gasteiger partial charge in [0.15, 0.2) is 0 Å². The molecule has 3 aromatic rings. The molecule has 0 radical (unpaired) electrons. The molecular weight excluding hydrogens is 416 g/mol. The lowest BCUT2D eigenvalue weighted by Crippen LogP contribution is -2.46. The first-order valence-electron chi connectivity index (χ1n) is 9.70. The maximum Gasteiger partial charge on any atom is 0.335 e. The van der Waals surface area contributed by atoms with Crippen molar-refractivity contribution in [3.8, 4) is 0 Å². The Hall–Kier alpha value is -3.64. The van der Waals surface area contributed by atoms with Gasteiger partial charge in [0.1, 0.15) is 6.04 Å². The third-order valence-electron chi connectivity index (χ3n) is 5.24. The van der Waals surface area contributed by atoms with Gasteiger partial charge in [-0.25, -0.2) is 4.79 Å². The standard InChI is InChI=1S/C24H19ClN2O4/c25-18-10-11-19-20(13-18)26-22(28)21(12-15-4-2-1-3-5-15)27(23(19)29)14-16-6-8-17(9-7-16)24(30)31/h1-11,13,21H,12,14H2,(H,26,28)(H,30,31)/t21-/m1/s1. The Bertz CT molecular complexity index is 1150. The zero-order valence-corrected chi connectivity index (χ0v) is 17.2. The highest BCUT2D eigenvalue weighted by Crippen LogP contribution is 2.28. The molecule has 0 aromatic heterocycles. The molecule has 7 heteroatoms. The summed E-state index contributed by atoms with van der Waals surface area (Å²) in [5, 5.41) is 12.4. The minimum Gasteiger partial charge on any atom is -0.478 e. The summed E-state index contributed by atoms with van der Waals surface area (Å²) in [6.07, 6.45) is 0.341. The average Bonchev–Trinajstić information content (AvgIpc) is 2.85. The summed E-state index contributed by atoms with van der Waals surface area (Å²) in [5.74, 6) is -1.63. The van der Waals surface area contributed by atoms with Crippen LogP contribution in [0.3, 0.4) is 0 Å². The van der Waals surface area contributed by atoms with E-state index in [0.717, 1.165) is 11.1 Å². The molecule has 2 amide bonds. The van der Waals surface area contributed by atoms with Crippen LogP contribution in [0.15, 0.2) is 72.8 Å². The van der Waals surface area contributed by atoms with E-state index in [1.54, 1.807) is 30.3 Å². The molecule has 3 aromatic carbocycles. The van der Waals surface area contributed by atoms with Crippen molar-refractivity contribution in [2.45, 2.75) is 19.0 Å². The topological polar surface area (TPSA) is 86.7 Å². The van der Waals surface area contributed by atoms with E-state index in [9.17, 15) is 14.4 Å². The molecule has 6 nitrogen and oxygen atoms in total. The highest BCUT2D eigenvalue weighted by molar-refractivity contribution is 6.31. The number of rotatable bonds is 5. The first kappa shape index (κ1) is 20.6. The summed E-state index contributed by atoms with van der Waals surface area (Å²) < 4.78 is 0. The number of nitrogens with one attached hydrogen (secondary N) is 1. The largest absolute Gasteiger partial charge is 0.478 e. The van der Waals surface area contributed by atoms with Crippen molar-refractivity contribution >= 4 is 35.1 Å². The summed E-state index contributed by atoms with van der Waals surface area (Å²) in [4.78, 5) is 39.3. The van der Waals surface area contributed by atoms with Crippen LogP contribution in [0, 0.1) is 0 Å². The van der Waals surface area contributed by atoms with Crippen LogP contribution in [-0.4, -0.2) is 33.8 Å². The van der Waals surface area contributed by atoms with Gasteiger partial charge >= 0.3 is 5.97 Å². The number of hydrogen-bond acceptors (Lipinski definition) is 3. The fourth-order valence-corrected chi connectivity index (χ4v) is 3.80. The van der Waals surface area contributed by atoms with Crippen LogP contribution in [0.25, 0.3) is 0 Å². The van der Waals surface area contributed by atoms with Crippen molar-refractivity contribution in [2.24, 2.45) is 0 Å². The lowest BCUT2D eigenvalue weighted by Gasteiger charge is -2.29. The predicted molar refractivity (Wildman–Crippen MR) is 117 cm³/mol. The molecule has 0 unspecified atom stereocenters. The van der Waals surface area contributed by atoms with E-state index in [-0.39, 0.29) is 23.9 Å². The molecule has 0 saturated heterocycles. The van der Waals surface area contributed by atoms with Gasteiger partial charge in [-0.1, -0.05) is 54.1 Å². The number of carbonyl (C=O) groups is 3. The maximum absolute atomic E-state index is 13.5. The number of hydrogen-bond donors (Lipinski definition) is 2. The Morgan fingerprint density at radius 2 is 1.68 bits per heavy atom. The van der Waals surface area contributed by atoms with Crippen molar-refractivity contribution in [3.63, 3.8) is 0 Å². The second kappa shape index (κ2) is 8.62. The Morgan fingerprint density at radius 3 is 2.35 bits per heavy atom. The van der Waals surface area contributed by atoms with Gasteiger partial charge in [-0.15, -0.1) is 0 Å². The first-order valence-corrected chi connectivity index (χ1v) is 10.1. The van der Waals surface area contributed by atoms with Gasteiger partial charge < -0.3 is 15.3 Å². The van der Waals surface area contributed by atoms with E-state index in [4.69, 9.17) is 16.7 Å². The van der Waals surface area contributed by atoms with Gasteiger partial charge in [-0.05, 0) is 41.5 Å². The number of fused-ring (bicyclic) bond motifs is 1. The van der Waals surface area contributed by atoms with Crippen LogP contribution >= 0.6 is 11.6 Å². The normalized spacial score (nSPS) is 15.8. The van der Waals surface area contributed by atoms with Crippen LogP contribution in [0.5, 0.6) is 0 Å². The molecule has 0 aliphatic carbocycles. The van der Waals surface area contributed by atoms with Crippen molar-refractivity contribution in [1.29, 1.82) is 0 Å². The Labute approximate surface area is 184 Å². The number of anilines is 1. The molecule has 1 heterocycles. The van der Waals surface area contributed by atoms with Crippen molar-refractivity contribution in [2.75, 3.05) is 5.32 Å². The number of carboxylic acids is 1. The van der Waals surface area contributed by atoms with Gasteiger partial charge in [0.2, 0.25) is 5.91 Å². The van der Waals surface area contributed by atoms with Gasteiger partial charge in [-0.2, -0.15) is 0 Å². The summed E-state index contributed by atoms with van der Waals surface area (Å²) in [5.41, 5.74) is 2.54. The lowest BCUT2D eigenvalue weighted by atomic mass is 10.0. The van der Waals surface area contributed by atoms with Crippen LogP contribution in [0.1, 0.15) is 31.8 Å². The second-order valence-corrected chi connectivity index (χ2v) is 7.76. The third-order valence-corrected chi connectivity index (χ3v) is 5.47. The van der Waals surface area contributed by atoms with Crippen LogP contribution < -0.4 is 5.32 Å². The van der Waals surface area contributed by atoms with Crippen LogP contribution in [0.4, 0.5) is 5.69 Å². The van der Waals surface area contributed by atoms with Crippen molar-refractivity contribution in [1.82, 2.24) is 4.90 Å². The van der Waals surface area contributed by atoms with Gasteiger partial charge in [-0.3, -0.25) is 9.59 Å². The van der Waals surface area contributed by atoms with E-state index < -0.39 is 12.0 Å². The fraction of sp³-hybridized carbons (Fsp3) is 0.125. The van der Waals surface area contributed by atoms with Crippen molar-refractivity contribution in [3.05, 3.63) is 100 Å². The highest BCUT2D eigenvalue weighted by Gasteiger charge is 2.35. The minimum absolute atomic E-state index is 0.157. The van der Waals surface area contributed by atoms with E-state index in [2.05, 4.69) is 5.32 Å². The highest BCUT2D eigenvalue weighted by atomic mass is 35.5. The van der Waals surface area contributed by atoms with E-state index in [1.165, 1.54) is 17.0 Å². The molecule has 2 N–H and O–H groups in total. The lowest BCUT2D eigenvalue weighted by molar-refractivity contribution is -0.120. The number of aromatic carboxylic acids is 1. The number of carbonyl (C=O) groups excluding carboxylic acids is 2. The molecule has 1 atom stereocenters. The monoisotopic (exact) mass is 434 g/mol. The Morgan fingerprint density at radius 1 is 0.968 bits per heavy atom. The molecule has 0 saturated carbocycles. The molecule has 1 aliphatic heterocycles. The maximum atomic E-state index is 13.5. The molecule has 31 heavy (non-hydrogen) atoms. The smallest absolute Gasteiger partial charge is 0.335 e.